The highest BCUT2D eigenvalue weighted by Gasteiger charge is 2.32. The van der Waals surface area contributed by atoms with Crippen LogP contribution in [0.25, 0.3) is 0 Å². The number of unbranched alkanes of at least 4 members (excludes halogenated alkanes) is 9. The van der Waals surface area contributed by atoms with Crippen molar-refractivity contribution in [3.8, 4) is 0 Å². The standard InChI is InChI=1S/C16H26O.C15H24O.C14H22O.C13H20O.2C12H18O.3C11H16O.C10H14O.C9H18/c1-5-6-7-8-15(17)16(3,4)14-11-9-13(2)10-12-14;1-5-6-7-14(16)15(3,4)13-10-8-12(2)9-11-13;1-3-4-5-6-7-14(15)13-10-8-12(2)9-11-13;1-3-4-5-6-13(14)12-9-7-11(2)8-10-12;1-9-5-7-10(8-6-9)11(13)12(2,3)4;1-3-4-5-12(13)11-8-6-10(2)7-9-11;1-9-4-6-10(7-5-9)11(2,3)8-12;1-8(2)11(12)10-6-4-9(3)5-7-10;1-3-4-11(12)10-7-5-9(2)6-8-10;1-3-10(11)9-6-4-8(2)5-7-9;1-7(2)9-6-4-5-8(9)3/h9-12,15,17H,5-8H2,1-4H3;8-11,14,16H,5-7H2,1-4H3;8-11,14-15H,3-7H2,1-2H3;7-10,13-14H,3-6H2,1-2H3;5-8,11,13H,1-4H3;6-9,12-13H,3-5H2,1-2H3;4-7,12H,8H2,1-3H3;4-8,11-12H,1-3H3;5-8,11-12H,3-4H2,1-2H3;4-7,10-11H,3H2,1-2H3;7-9H,4-6H2,1-3H3. The second kappa shape index (κ2) is 73.8. The fraction of sp³-hybridized carbons (Fsp3) is 0.552. The van der Waals surface area contributed by atoms with E-state index < -0.39 is 0 Å². The lowest BCUT2D eigenvalue weighted by Crippen LogP contribution is -2.33. The van der Waals surface area contributed by atoms with Crippen LogP contribution < -0.4 is 0 Å². The molecule has 0 radical (unpaired) electrons. The van der Waals surface area contributed by atoms with Crippen LogP contribution in [0.4, 0.5) is 0 Å². The lowest BCUT2D eigenvalue weighted by Gasteiger charge is -2.31. The van der Waals surface area contributed by atoms with E-state index in [-0.39, 0.29) is 89.1 Å². The van der Waals surface area contributed by atoms with Crippen LogP contribution in [-0.4, -0.2) is 69.9 Å². The van der Waals surface area contributed by atoms with Gasteiger partial charge in [0, 0.05) is 16.2 Å². The zero-order valence-corrected chi connectivity index (χ0v) is 96.5. The van der Waals surface area contributed by atoms with Gasteiger partial charge in [0.1, 0.15) is 0 Å². The van der Waals surface area contributed by atoms with E-state index in [1.165, 1.54) is 137 Å². The SMILES string of the molecule is CC(C)C1CCCC1C.CCC(O)c1ccc(C)cc1.CCCC(O)c1ccc(C)cc1.CCCCC(O)C(C)(C)c1ccc(C)cc1.CCCCC(O)c1ccc(C)cc1.CCCCCC(O)C(C)(C)c1ccc(C)cc1.CCCCCC(O)c1ccc(C)cc1.CCCCCCC(O)c1ccc(C)cc1.Cc1ccc(C(C)(C)CO)cc1.Cc1ccc(C(O)C(C)(C)C)cc1.Cc1ccc(C(O)C(C)C)cc1. The summed E-state index contributed by atoms with van der Waals surface area (Å²) in [6, 6.07) is 81.9. The van der Waals surface area contributed by atoms with E-state index >= 15 is 0 Å². The summed E-state index contributed by atoms with van der Waals surface area (Å²) in [5, 5.41) is 97.8. The highest BCUT2D eigenvalue weighted by Crippen LogP contribution is 2.38. The number of aliphatic hydroxyl groups excluding tert-OH is 10. The molecule has 1 aliphatic rings. The van der Waals surface area contributed by atoms with Crippen molar-refractivity contribution < 1.29 is 51.1 Å². The summed E-state index contributed by atoms with van der Waals surface area (Å²) in [7, 11) is 0. The summed E-state index contributed by atoms with van der Waals surface area (Å²) in [6.07, 6.45) is 25.3. The maximum atomic E-state index is 10.3. The van der Waals surface area contributed by atoms with E-state index in [2.05, 4.69) is 236 Å². The van der Waals surface area contributed by atoms with Crippen molar-refractivity contribution in [3.05, 3.63) is 354 Å². The van der Waals surface area contributed by atoms with Crippen molar-refractivity contribution >= 4 is 0 Å². The van der Waals surface area contributed by atoms with E-state index in [0.717, 1.165) is 153 Å². The molecule has 11 atom stereocenters. The van der Waals surface area contributed by atoms with E-state index in [9.17, 15) is 46.0 Å². The van der Waals surface area contributed by atoms with Crippen molar-refractivity contribution in [2.45, 2.75) is 446 Å². The van der Waals surface area contributed by atoms with Gasteiger partial charge in [-0.1, -0.05) is 553 Å². The van der Waals surface area contributed by atoms with Crippen LogP contribution in [0.3, 0.4) is 0 Å². The molecule has 0 amide bonds. The number of benzene rings is 10. The molecule has 0 spiro atoms. The first-order valence-electron chi connectivity index (χ1n) is 55.4. The summed E-state index contributed by atoms with van der Waals surface area (Å²) in [4.78, 5) is 0. The van der Waals surface area contributed by atoms with Gasteiger partial charge in [-0.2, -0.15) is 0 Å². The van der Waals surface area contributed by atoms with Gasteiger partial charge in [-0.3, -0.25) is 0 Å². The highest BCUT2D eigenvalue weighted by molar-refractivity contribution is 5.34. The van der Waals surface area contributed by atoms with Crippen molar-refractivity contribution in [1.82, 2.24) is 0 Å². The Kier molecular flexibility index (Phi) is 68.6. The molecule has 804 valence electrons. The van der Waals surface area contributed by atoms with Crippen LogP contribution in [0.15, 0.2) is 243 Å². The minimum Gasteiger partial charge on any atom is -0.395 e. The molecule has 1 aliphatic carbocycles. The largest absolute Gasteiger partial charge is 0.395 e. The molecule has 10 nitrogen and oxygen atoms in total. The fourth-order valence-corrected chi connectivity index (χ4v) is 16.6. The third kappa shape index (κ3) is 55.7. The van der Waals surface area contributed by atoms with E-state index in [4.69, 9.17) is 5.11 Å². The van der Waals surface area contributed by atoms with Gasteiger partial charge in [-0.25, -0.2) is 0 Å². The highest BCUT2D eigenvalue weighted by atomic mass is 16.3. The van der Waals surface area contributed by atoms with Crippen molar-refractivity contribution in [1.29, 1.82) is 0 Å². The van der Waals surface area contributed by atoms with Crippen molar-refractivity contribution in [2.75, 3.05) is 6.61 Å². The average Bonchev–Trinajstić information content (AvgIpc) is 0.915. The molecule has 0 aromatic heterocycles. The predicted molar refractivity (Wildman–Crippen MR) is 622 cm³/mol. The Morgan fingerprint density at radius 2 is 0.507 bits per heavy atom. The van der Waals surface area contributed by atoms with Gasteiger partial charge in [-0.15, -0.1) is 0 Å². The van der Waals surface area contributed by atoms with Crippen LogP contribution >= 0.6 is 0 Å². The Balaban J connectivity index is 0.000000794. The van der Waals surface area contributed by atoms with Gasteiger partial charge in [0.25, 0.3) is 0 Å². The Bertz CT molecular complexity index is 4760. The second-order valence-corrected chi connectivity index (χ2v) is 44.7. The number of hydrogen-bond donors (Lipinski definition) is 10. The van der Waals surface area contributed by atoms with E-state index in [0.29, 0.717) is 0 Å². The van der Waals surface area contributed by atoms with Crippen LogP contribution in [0.2, 0.25) is 0 Å². The summed E-state index contributed by atoms with van der Waals surface area (Å²) in [6.45, 7) is 65.6. The molecule has 144 heavy (non-hydrogen) atoms. The Morgan fingerprint density at radius 1 is 0.264 bits per heavy atom. The maximum Gasteiger partial charge on any atom is 0.0838 e. The zero-order valence-electron chi connectivity index (χ0n) is 96.5. The molecule has 0 heterocycles. The van der Waals surface area contributed by atoms with E-state index in [1.807, 2.05) is 222 Å². The summed E-state index contributed by atoms with van der Waals surface area (Å²) in [5.41, 5.74) is 22.8. The third-order valence-corrected chi connectivity index (χ3v) is 27.9. The van der Waals surface area contributed by atoms with Crippen molar-refractivity contribution in [2.24, 2.45) is 29.1 Å². The summed E-state index contributed by atoms with van der Waals surface area (Å²) < 4.78 is 0. The Labute approximate surface area is 881 Å². The van der Waals surface area contributed by atoms with E-state index in [1.54, 1.807) is 0 Å². The monoisotopic (exact) mass is 1980 g/mol. The third-order valence-electron chi connectivity index (χ3n) is 27.9. The molecular weight excluding hydrogens is 1770 g/mol. The quantitative estimate of drug-likeness (QED) is 0.0167. The first-order chi connectivity index (χ1) is 67.9. The number of rotatable bonds is 37. The average molecular weight is 1980 g/mol. The molecule has 1 saturated carbocycles. The Morgan fingerprint density at radius 3 is 0.764 bits per heavy atom. The minimum absolute atomic E-state index is 0.0880. The molecule has 11 rings (SSSR count). The van der Waals surface area contributed by atoms with Gasteiger partial charge >= 0.3 is 0 Å². The maximum absolute atomic E-state index is 10.3. The lowest BCUT2D eigenvalue weighted by atomic mass is 9.77. The molecule has 0 saturated heterocycles. The topological polar surface area (TPSA) is 202 Å². The van der Waals surface area contributed by atoms with Crippen LogP contribution in [-0.2, 0) is 16.2 Å². The molecule has 0 aliphatic heterocycles. The number of aliphatic hydroxyl groups is 10. The smallest absolute Gasteiger partial charge is 0.0838 e. The lowest BCUT2D eigenvalue weighted by molar-refractivity contribution is 0.0627. The summed E-state index contributed by atoms with van der Waals surface area (Å²) >= 11 is 0. The van der Waals surface area contributed by atoms with Gasteiger partial charge in [0.05, 0.1) is 61.5 Å². The molecule has 10 heteroatoms. The van der Waals surface area contributed by atoms with Crippen LogP contribution in [0.5, 0.6) is 0 Å². The van der Waals surface area contributed by atoms with Gasteiger partial charge < -0.3 is 51.1 Å². The zero-order chi connectivity index (χ0) is 109. The van der Waals surface area contributed by atoms with Gasteiger partial charge in [0.15, 0.2) is 0 Å². The number of hydrogen-bond acceptors (Lipinski definition) is 10. The molecule has 0 bridgehead atoms. The minimum atomic E-state index is -0.381. The molecule has 10 aromatic rings. The Hall–Kier alpha value is -8.20. The fourth-order valence-electron chi connectivity index (χ4n) is 16.6. The summed E-state index contributed by atoms with van der Waals surface area (Å²) in [5.74, 6) is 3.24. The van der Waals surface area contributed by atoms with Crippen LogP contribution in [0, 0.1) is 98.3 Å². The van der Waals surface area contributed by atoms with Gasteiger partial charge in [0.2, 0.25) is 0 Å². The first kappa shape index (κ1) is 134. The van der Waals surface area contributed by atoms with Crippen molar-refractivity contribution in [3.63, 3.8) is 0 Å². The molecule has 10 aromatic carbocycles. The normalized spacial score (nSPS) is 14.6. The predicted octanol–water partition coefficient (Wildman–Crippen LogP) is 35.2. The first-order valence-corrected chi connectivity index (χ1v) is 55.4. The molecule has 11 unspecified atom stereocenters. The van der Waals surface area contributed by atoms with Gasteiger partial charge in [-0.05, 0) is 205 Å². The van der Waals surface area contributed by atoms with Crippen LogP contribution in [0.1, 0.15) is 460 Å². The molecule has 10 N–H and O–H groups in total. The molecule has 1 fully saturated rings. The molecular formula is C134H208O10. The number of aryl methyl sites for hydroxylation is 10. The second-order valence-electron chi connectivity index (χ2n) is 44.7.